The van der Waals surface area contributed by atoms with Crippen LogP contribution in [0.5, 0.6) is 0 Å². The van der Waals surface area contributed by atoms with Crippen LogP contribution in [0.1, 0.15) is 17.9 Å². The number of piperidine rings is 1. The summed E-state index contributed by atoms with van der Waals surface area (Å²) in [5.74, 6) is -1.60. The van der Waals surface area contributed by atoms with Gasteiger partial charge in [-0.1, -0.05) is 6.07 Å². The van der Waals surface area contributed by atoms with Gasteiger partial charge in [0.15, 0.2) is 11.6 Å². The van der Waals surface area contributed by atoms with E-state index in [0.29, 0.717) is 19.6 Å². The van der Waals surface area contributed by atoms with Gasteiger partial charge < -0.3 is 16.0 Å². The van der Waals surface area contributed by atoms with Crippen molar-refractivity contribution in [3.63, 3.8) is 0 Å². The standard InChI is InChI=1S/C15H19F2N3O.2ClH/c16-12-2-1-9(5-13(12)17)11-3-4-18-8-14(11)20-15(21)10-6-19-7-10;;/h1-2,5,10-11,14,18-19H,3-4,6-8H2,(H,20,21);2*1H. The molecular formula is C15H21Cl2F2N3O. The molecule has 0 radical (unpaired) electrons. The van der Waals surface area contributed by atoms with Crippen molar-refractivity contribution in [2.45, 2.75) is 18.4 Å². The fourth-order valence-corrected chi connectivity index (χ4v) is 2.93. The average Bonchev–Trinajstić information content (AvgIpc) is 2.40. The van der Waals surface area contributed by atoms with Gasteiger partial charge in [0.25, 0.3) is 0 Å². The van der Waals surface area contributed by atoms with Crippen LogP contribution < -0.4 is 16.0 Å². The van der Waals surface area contributed by atoms with E-state index in [2.05, 4.69) is 16.0 Å². The second kappa shape index (κ2) is 8.78. The van der Waals surface area contributed by atoms with Crippen molar-refractivity contribution in [1.82, 2.24) is 16.0 Å². The van der Waals surface area contributed by atoms with E-state index < -0.39 is 11.6 Å². The minimum Gasteiger partial charge on any atom is -0.351 e. The van der Waals surface area contributed by atoms with E-state index in [-0.39, 0.29) is 48.6 Å². The lowest BCUT2D eigenvalue weighted by Gasteiger charge is -2.35. The maximum absolute atomic E-state index is 13.4. The Morgan fingerprint density at radius 3 is 2.43 bits per heavy atom. The highest BCUT2D eigenvalue weighted by atomic mass is 35.5. The van der Waals surface area contributed by atoms with Gasteiger partial charge in [-0.05, 0) is 30.7 Å². The molecule has 1 aromatic carbocycles. The highest BCUT2D eigenvalue weighted by Gasteiger charge is 2.32. The fourth-order valence-electron chi connectivity index (χ4n) is 2.93. The highest BCUT2D eigenvalue weighted by molar-refractivity contribution is 5.85. The van der Waals surface area contributed by atoms with Crippen LogP contribution in [0.4, 0.5) is 8.78 Å². The molecule has 130 valence electrons. The first-order chi connectivity index (χ1) is 10.1. The number of hydrogen-bond acceptors (Lipinski definition) is 3. The van der Waals surface area contributed by atoms with E-state index in [4.69, 9.17) is 0 Å². The summed E-state index contributed by atoms with van der Waals surface area (Å²) in [5.41, 5.74) is 0.743. The molecule has 8 heteroatoms. The van der Waals surface area contributed by atoms with Crippen molar-refractivity contribution < 1.29 is 13.6 Å². The van der Waals surface area contributed by atoms with Crippen LogP contribution in [0.2, 0.25) is 0 Å². The van der Waals surface area contributed by atoms with Crippen LogP contribution in [-0.4, -0.2) is 38.1 Å². The molecule has 0 bridgehead atoms. The molecule has 0 spiro atoms. The zero-order chi connectivity index (χ0) is 14.8. The largest absolute Gasteiger partial charge is 0.351 e. The van der Waals surface area contributed by atoms with Crippen LogP contribution in [0.15, 0.2) is 18.2 Å². The molecule has 2 aliphatic rings. The van der Waals surface area contributed by atoms with Gasteiger partial charge in [-0.25, -0.2) is 8.78 Å². The number of benzene rings is 1. The predicted octanol–water partition coefficient (Wildman–Crippen LogP) is 1.59. The van der Waals surface area contributed by atoms with Crippen molar-refractivity contribution in [2.24, 2.45) is 5.92 Å². The van der Waals surface area contributed by atoms with E-state index in [1.807, 2.05) is 0 Å². The van der Waals surface area contributed by atoms with Gasteiger partial charge in [0.2, 0.25) is 5.91 Å². The second-order valence-corrected chi connectivity index (χ2v) is 5.74. The van der Waals surface area contributed by atoms with Gasteiger partial charge >= 0.3 is 0 Å². The van der Waals surface area contributed by atoms with Crippen molar-refractivity contribution in [2.75, 3.05) is 26.2 Å². The Bertz CT molecular complexity index is 543. The summed E-state index contributed by atoms with van der Waals surface area (Å²) in [5, 5.41) is 9.36. The third-order valence-electron chi connectivity index (χ3n) is 4.33. The Labute approximate surface area is 146 Å². The van der Waals surface area contributed by atoms with Crippen LogP contribution in [0.25, 0.3) is 0 Å². The Morgan fingerprint density at radius 2 is 1.83 bits per heavy atom. The number of hydrogen-bond donors (Lipinski definition) is 3. The molecule has 2 atom stereocenters. The normalized spacial score (nSPS) is 23.9. The molecule has 3 N–H and O–H groups in total. The summed E-state index contributed by atoms with van der Waals surface area (Å²) in [7, 11) is 0. The summed E-state index contributed by atoms with van der Waals surface area (Å²) < 4.78 is 26.5. The van der Waals surface area contributed by atoms with Gasteiger partial charge in [0.1, 0.15) is 0 Å². The maximum atomic E-state index is 13.4. The molecule has 2 aliphatic heterocycles. The SMILES string of the molecule is Cl.Cl.O=C(NC1CNCCC1c1ccc(F)c(F)c1)C1CNC1. The first-order valence-electron chi connectivity index (χ1n) is 7.32. The summed E-state index contributed by atoms with van der Waals surface area (Å²) in [6.45, 7) is 2.88. The van der Waals surface area contributed by atoms with Crippen molar-refractivity contribution in [3.05, 3.63) is 35.4 Å². The van der Waals surface area contributed by atoms with Crippen molar-refractivity contribution in [1.29, 1.82) is 0 Å². The molecule has 1 aromatic rings. The zero-order valence-corrected chi connectivity index (χ0v) is 14.1. The van der Waals surface area contributed by atoms with Crippen LogP contribution >= 0.6 is 24.8 Å². The molecule has 2 saturated heterocycles. The van der Waals surface area contributed by atoms with Gasteiger partial charge in [-0.2, -0.15) is 0 Å². The molecule has 1 amide bonds. The Hall–Kier alpha value is -0.950. The zero-order valence-electron chi connectivity index (χ0n) is 12.5. The van der Waals surface area contributed by atoms with Crippen LogP contribution in [0, 0.1) is 17.6 Å². The van der Waals surface area contributed by atoms with E-state index in [1.54, 1.807) is 6.07 Å². The minimum absolute atomic E-state index is 0. The maximum Gasteiger partial charge on any atom is 0.225 e. The molecule has 0 aliphatic carbocycles. The molecule has 0 saturated carbocycles. The highest BCUT2D eigenvalue weighted by Crippen LogP contribution is 2.27. The molecule has 3 rings (SSSR count). The number of halogens is 4. The summed E-state index contributed by atoms with van der Waals surface area (Å²) >= 11 is 0. The Kier molecular flexibility index (Phi) is 7.67. The monoisotopic (exact) mass is 367 g/mol. The number of amides is 1. The number of carbonyl (C=O) groups excluding carboxylic acids is 1. The van der Waals surface area contributed by atoms with Gasteiger partial charge in [-0.3, -0.25) is 4.79 Å². The first-order valence-corrected chi connectivity index (χ1v) is 7.32. The number of carbonyl (C=O) groups is 1. The summed E-state index contributed by atoms with van der Waals surface area (Å²) in [4.78, 5) is 12.1. The number of nitrogens with one attached hydrogen (secondary N) is 3. The lowest BCUT2D eigenvalue weighted by atomic mass is 9.85. The smallest absolute Gasteiger partial charge is 0.225 e. The van der Waals surface area contributed by atoms with E-state index in [9.17, 15) is 13.6 Å². The average molecular weight is 368 g/mol. The molecule has 23 heavy (non-hydrogen) atoms. The van der Waals surface area contributed by atoms with Gasteiger partial charge in [0.05, 0.1) is 5.92 Å². The molecule has 4 nitrogen and oxygen atoms in total. The van der Waals surface area contributed by atoms with E-state index in [1.165, 1.54) is 6.07 Å². The van der Waals surface area contributed by atoms with Gasteiger partial charge in [-0.15, -0.1) is 24.8 Å². The van der Waals surface area contributed by atoms with Crippen molar-refractivity contribution in [3.8, 4) is 0 Å². The van der Waals surface area contributed by atoms with E-state index >= 15 is 0 Å². The molecule has 2 heterocycles. The first kappa shape index (κ1) is 20.1. The topological polar surface area (TPSA) is 53.2 Å². The van der Waals surface area contributed by atoms with Crippen molar-refractivity contribution >= 4 is 30.7 Å². The molecule has 2 unspecified atom stereocenters. The Morgan fingerprint density at radius 1 is 1.09 bits per heavy atom. The molecular weight excluding hydrogens is 347 g/mol. The quantitative estimate of drug-likeness (QED) is 0.760. The van der Waals surface area contributed by atoms with Gasteiger partial charge in [0, 0.05) is 31.6 Å². The second-order valence-electron chi connectivity index (χ2n) is 5.74. The third-order valence-corrected chi connectivity index (χ3v) is 4.33. The van der Waals surface area contributed by atoms with E-state index in [0.717, 1.165) is 24.6 Å². The molecule has 2 fully saturated rings. The number of rotatable bonds is 3. The lowest BCUT2D eigenvalue weighted by Crippen LogP contribution is -2.56. The lowest BCUT2D eigenvalue weighted by molar-refractivity contribution is -0.127. The summed E-state index contributed by atoms with van der Waals surface area (Å²) in [6.07, 6.45) is 0.791. The fraction of sp³-hybridized carbons (Fsp3) is 0.533. The minimum atomic E-state index is -0.839. The van der Waals surface area contributed by atoms with Crippen LogP contribution in [-0.2, 0) is 4.79 Å². The molecule has 0 aromatic heterocycles. The summed E-state index contributed by atoms with van der Waals surface area (Å²) in [6, 6.07) is 3.92. The third kappa shape index (κ3) is 4.53. The van der Waals surface area contributed by atoms with Crippen LogP contribution in [0.3, 0.4) is 0 Å². The Balaban J connectivity index is 0.00000132. The predicted molar refractivity (Wildman–Crippen MR) is 89.4 cm³/mol.